The van der Waals surface area contributed by atoms with Crippen molar-refractivity contribution in [1.82, 2.24) is 25.3 Å². The maximum Gasteiger partial charge on any atom is 0.255 e. The Kier molecular flexibility index (Phi) is 3.60. The van der Waals surface area contributed by atoms with Crippen LogP contribution >= 0.6 is 0 Å². The highest BCUT2D eigenvalue weighted by molar-refractivity contribution is 6.10. The van der Waals surface area contributed by atoms with E-state index in [4.69, 9.17) is 4.42 Å². The molecule has 3 heterocycles. The molecule has 25 heavy (non-hydrogen) atoms. The molecule has 0 spiro atoms. The fourth-order valence-corrected chi connectivity index (χ4v) is 2.69. The van der Waals surface area contributed by atoms with E-state index in [1.165, 1.54) is 12.7 Å². The Labute approximate surface area is 144 Å². The van der Waals surface area contributed by atoms with Crippen LogP contribution in [0, 0.1) is 6.92 Å². The minimum atomic E-state index is -0.242. The Balaban J connectivity index is 1.66. The SMILES string of the molecule is Cc1oc2ncnc(NC3(C)CC3)c2c1C(=O)NCc1ccncn1. The number of fused-ring (bicyclic) bond motifs is 1. The Bertz CT molecular complexity index is 933. The van der Waals surface area contributed by atoms with Gasteiger partial charge in [0.05, 0.1) is 23.2 Å². The van der Waals surface area contributed by atoms with Crippen molar-refractivity contribution in [2.75, 3.05) is 5.32 Å². The molecule has 0 aromatic carbocycles. The third kappa shape index (κ3) is 3.02. The zero-order valence-corrected chi connectivity index (χ0v) is 14.0. The van der Waals surface area contributed by atoms with Gasteiger partial charge in [0, 0.05) is 11.7 Å². The summed E-state index contributed by atoms with van der Waals surface area (Å²) in [4.78, 5) is 29.2. The van der Waals surface area contributed by atoms with Crippen molar-refractivity contribution < 1.29 is 9.21 Å². The number of furan rings is 1. The number of carbonyl (C=O) groups is 1. The van der Waals surface area contributed by atoms with E-state index in [-0.39, 0.29) is 11.4 Å². The third-order valence-electron chi connectivity index (χ3n) is 4.38. The Hall–Kier alpha value is -3.03. The summed E-state index contributed by atoms with van der Waals surface area (Å²) in [6.07, 6.45) is 6.68. The Morgan fingerprint density at radius 1 is 1.28 bits per heavy atom. The van der Waals surface area contributed by atoms with Crippen molar-refractivity contribution in [2.45, 2.75) is 38.8 Å². The number of rotatable bonds is 5. The smallest absolute Gasteiger partial charge is 0.255 e. The molecule has 8 nitrogen and oxygen atoms in total. The lowest BCUT2D eigenvalue weighted by Crippen LogP contribution is -2.24. The average Bonchev–Trinajstić information content (AvgIpc) is 3.22. The summed E-state index contributed by atoms with van der Waals surface area (Å²) in [5.74, 6) is 0.905. The van der Waals surface area contributed by atoms with Gasteiger partial charge in [0.2, 0.25) is 5.71 Å². The molecule has 2 N–H and O–H groups in total. The molecule has 0 unspecified atom stereocenters. The number of nitrogens with zero attached hydrogens (tertiary/aromatic N) is 4. The van der Waals surface area contributed by atoms with Crippen molar-refractivity contribution in [3.63, 3.8) is 0 Å². The van der Waals surface area contributed by atoms with Crippen LogP contribution in [-0.4, -0.2) is 31.4 Å². The number of aryl methyl sites for hydroxylation is 1. The molecule has 0 radical (unpaired) electrons. The molecule has 1 saturated carbocycles. The van der Waals surface area contributed by atoms with E-state index in [1.54, 1.807) is 19.2 Å². The molecule has 0 bridgehead atoms. The van der Waals surface area contributed by atoms with Gasteiger partial charge in [-0.15, -0.1) is 0 Å². The fraction of sp³-hybridized carbons (Fsp3) is 0.353. The van der Waals surface area contributed by atoms with Gasteiger partial charge >= 0.3 is 0 Å². The van der Waals surface area contributed by atoms with Crippen molar-refractivity contribution in [1.29, 1.82) is 0 Å². The average molecular weight is 338 g/mol. The number of nitrogens with one attached hydrogen (secondary N) is 2. The van der Waals surface area contributed by atoms with Gasteiger partial charge < -0.3 is 15.1 Å². The monoisotopic (exact) mass is 338 g/mol. The molecule has 3 aromatic heterocycles. The molecule has 0 atom stereocenters. The number of aromatic nitrogens is 4. The normalized spacial score (nSPS) is 15.1. The van der Waals surface area contributed by atoms with E-state index in [1.807, 2.05) is 0 Å². The Morgan fingerprint density at radius 3 is 2.84 bits per heavy atom. The minimum Gasteiger partial charge on any atom is -0.442 e. The largest absolute Gasteiger partial charge is 0.442 e. The standard InChI is InChI=1S/C17H18N6O2/c1-10-12(15(24)19-7-11-3-6-18-8-20-11)13-14(23-17(2)4-5-17)21-9-22-16(13)25-10/h3,6,8-9H,4-5,7H2,1-2H3,(H,19,24)(H,21,22,23). The topological polar surface area (TPSA) is 106 Å². The number of hydrogen-bond donors (Lipinski definition) is 2. The summed E-state index contributed by atoms with van der Waals surface area (Å²) >= 11 is 0. The molecule has 1 aliphatic carbocycles. The van der Waals surface area contributed by atoms with Gasteiger partial charge in [-0.25, -0.2) is 19.9 Å². The van der Waals surface area contributed by atoms with E-state index in [9.17, 15) is 4.79 Å². The van der Waals surface area contributed by atoms with E-state index >= 15 is 0 Å². The molecular formula is C17H18N6O2. The summed E-state index contributed by atoms with van der Waals surface area (Å²) < 4.78 is 5.67. The first-order valence-corrected chi connectivity index (χ1v) is 8.11. The van der Waals surface area contributed by atoms with Crippen LogP contribution < -0.4 is 10.6 Å². The second-order valence-electron chi connectivity index (χ2n) is 6.50. The lowest BCUT2D eigenvalue weighted by molar-refractivity contribution is 0.0950. The first kappa shape index (κ1) is 15.5. The zero-order valence-electron chi connectivity index (χ0n) is 14.0. The van der Waals surface area contributed by atoms with Gasteiger partial charge in [-0.2, -0.15) is 0 Å². The molecule has 1 fully saturated rings. The molecule has 1 amide bonds. The number of hydrogen-bond acceptors (Lipinski definition) is 7. The molecular weight excluding hydrogens is 320 g/mol. The van der Waals surface area contributed by atoms with Crippen LogP contribution in [0.2, 0.25) is 0 Å². The fourth-order valence-electron chi connectivity index (χ4n) is 2.69. The summed E-state index contributed by atoms with van der Waals surface area (Å²) in [6, 6.07) is 1.75. The first-order chi connectivity index (χ1) is 12.1. The highest BCUT2D eigenvalue weighted by Gasteiger charge is 2.38. The van der Waals surface area contributed by atoms with Crippen LogP contribution in [0.1, 0.15) is 41.6 Å². The maximum absolute atomic E-state index is 12.7. The van der Waals surface area contributed by atoms with E-state index in [0.29, 0.717) is 34.8 Å². The lowest BCUT2D eigenvalue weighted by Gasteiger charge is -2.13. The molecule has 4 rings (SSSR count). The summed E-state index contributed by atoms with van der Waals surface area (Å²) in [5, 5.41) is 6.89. The summed E-state index contributed by atoms with van der Waals surface area (Å²) in [7, 11) is 0. The van der Waals surface area contributed by atoms with Crippen LogP contribution in [0.4, 0.5) is 5.82 Å². The predicted molar refractivity (Wildman–Crippen MR) is 91.0 cm³/mol. The van der Waals surface area contributed by atoms with E-state index in [0.717, 1.165) is 18.5 Å². The van der Waals surface area contributed by atoms with Gasteiger partial charge in [0.25, 0.3) is 5.91 Å². The van der Waals surface area contributed by atoms with Crippen LogP contribution in [-0.2, 0) is 6.54 Å². The third-order valence-corrected chi connectivity index (χ3v) is 4.38. The second kappa shape index (κ2) is 5.80. The van der Waals surface area contributed by atoms with Gasteiger partial charge in [0.15, 0.2) is 0 Å². The molecule has 128 valence electrons. The number of anilines is 1. The summed E-state index contributed by atoms with van der Waals surface area (Å²) in [5.41, 5.74) is 1.62. The van der Waals surface area contributed by atoms with Crippen molar-refractivity contribution in [3.8, 4) is 0 Å². The van der Waals surface area contributed by atoms with E-state index in [2.05, 4.69) is 37.5 Å². The minimum absolute atomic E-state index is 0.0289. The maximum atomic E-state index is 12.7. The quantitative estimate of drug-likeness (QED) is 0.734. The molecule has 1 aliphatic rings. The number of amides is 1. The van der Waals surface area contributed by atoms with Crippen molar-refractivity contribution in [2.24, 2.45) is 0 Å². The Morgan fingerprint density at radius 2 is 2.12 bits per heavy atom. The van der Waals surface area contributed by atoms with Crippen LogP contribution in [0.15, 0.2) is 29.3 Å². The van der Waals surface area contributed by atoms with Crippen LogP contribution in [0.25, 0.3) is 11.1 Å². The zero-order chi connectivity index (χ0) is 17.4. The molecule has 3 aromatic rings. The van der Waals surface area contributed by atoms with Gasteiger partial charge in [-0.3, -0.25) is 4.79 Å². The van der Waals surface area contributed by atoms with Gasteiger partial charge in [0.1, 0.15) is 24.2 Å². The predicted octanol–water partition coefficient (Wildman–Crippen LogP) is 2.22. The van der Waals surface area contributed by atoms with Crippen molar-refractivity contribution in [3.05, 3.63) is 41.9 Å². The highest BCUT2D eigenvalue weighted by atomic mass is 16.3. The lowest BCUT2D eigenvalue weighted by atomic mass is 10.1. The summed E-state index contributed by atoms with van der Waals surface area (Å²) in [6.45, 7) is 4.19. The number of carbonyl (C=O) groups excluding carboxylic acids is 1. The van der Waals surface area contributed by atoms with Gasteiger partial charge in [-0.1, -0.05) is 0 Å². The molecule has 0 aliphatic heterocycles. The first-order valence-electron chi connectivity index (χ1n) is 8.11. The van der Waals surface area contributed by atoms with E-state index < -0.39 is 0 Å². The molecule has 0 saturated heterocycles. The van der Waals surface area contributed by atoms with Gasteiger partial charge in [-0.05, 0) is 32.8 Å². The van der Waals surface area contributed by atoms with Crippen LogP contribution in [0.3, 0.4) is 0 Å². The highest BCUT2D eigenvalue weighted by Crippen LogP contribution is 2.40. The van der Waals surface area contributed by atoms with Crippen molar-refractivity contribution >= 4 is 22.8 Å². The van der Waals surface area contributed by atoms with Crippen LogP contribution in [0.5, 0.6) is 0 Å². The second-order valence-corrected chi connectivity index (χ2v) is 6.50. The molecule has 8 heteroatoms.